The normalized spacial score (nSPS) is 16.5. The topological polar surface area (TPSA) is 75.1 Å². The van der Waals surface area contributed by atoms with Gasteiger partial charge in [0, 0.05) is 37.2 Å². The first-order chi connectivity index (χ1) is 18.2. The largest absolute Gasteiger partial charge is 0.493 e. The molecular formula is C29H29N3O5. The highest BCUT2D eigenvalue weighted by molar-refractivity contribution is 5.97. The Morgan fingerprint density at radius 2 is 1.78 bits per heavy atom. The summed E-state index contributed by atoms with van der Waals surface area (Å²) in [5, 5.41) is 0. The summed E-state index contributed by atoms with van der Waals surface area (Å²) >= 11 is 0. The maximum absolute atomic E-state index is 13.1. The van der Waals surface area contributed by atoms with Crippen LogP contribution in [-0.2, 0) is 11.3 Å². The van der Waals surface area contributed by atoms with Gasteiger partial charge in [-0.25, -0.2) is 4.98 Å². The molecule has 37 heavy (non-hydrogen) atoms. The minimum atomic E-state index is 0.00940. The molecule has 8 heteroatoms. The highest BCUT2D eigenvalue weighted by atomic mass is 16.7. The molecule has 0 aliphatic carbocycles. The van der Waals surface area contributed by atoms with Crippen molar-refractivity contribution in [1.29, 1.82) is 0 Å². The van der Waals surface area contributed by atoms with Crippen LogP contribution in [0, 0.1) is 0 Å². The van der Waals surface area contributed by atoms with Crippen molar-refractivity contribution in [1.82, 2.24) is 9.55 Å². The molecule has 0 bridgehead atoms. The van der Waals surface area contributed by atoms with Gasteiger partial charge in [0.1, 0.15) is 5.82 Å². The second kappa shape index (κ2) is 10.0. The van der Waals surface area contributed by atoms with Crippen molar-refractivity contribution in [3.8, 4) is 23.0 Å². The van der Waals surface area contributed by atoms with E-state index in [4.69, 9.17) is 23.9 Å². The lowest BCUT2D eigenvalue weighted by molar-refractivity contribution is -0.117. The van der Waals surface area contributed by atoms with Gasteiger partial charge in [-0.2, -0.15) is 0 Å². The van der Waals surface area contributed by atoms with Crippen LogP contribution in [-0.4, -0.2) is 42.5 Å². The van der Waals surface area contributed by atoms with Gasteiger partial charge in [-0.1, -0.05) is 24.3 Å². The van der Waals surface area contributed by atoms with E-state index in [2.05, 4.69) is 10.6 Å². The van der Waals surface area contributed by atoms with E-state index in [1.807, 2.05) is 65.6 Å². The molecule has 3 aromatic carbocycles. The molecule has 0 spiro atoms. The molecule has 4 aromatic rings. The molecule has 2 aliphatic heterocycles. The number of aromatic nitrogens is 2. The fourth-order valence-corrected chi connectivity index (χ4v) is 5.12. The molecule has 0 saturated carbocycles. The van der Waals surface area contributed by atoms with Gasteiger partial charge in [0.25, 0.3) is 0 Å². The zero-order valence-electron chi connectivity index (χ0n) is 20.8. The number of hydrogen-bond donors (Lipinski definition) is 0. The van der Waals surface area contributed by atoms with Gasteiger partial charge in [0.2, 0.25) is 12.7 Å². The predicted octanol–water partition coefficient (Wildman–Crippen LogP) is 5.15. The minimum absolute atomic E-state index is 0.00940. The number of ether oxygens (including phenoxy) is 4. The van der Waals surface area contributed by atoms with Crippen molar-refractivity contribution in [3.63, 3.8) is 0 Å². The molecule has 190 valence electrons. The Labute approximate surface area is 215 Å². The van der Waals surface area contributed by atoms with E-state index in [1.165, 1.54) is 0 Å². The van der Waals surface area contributed by atoms with Crippen LogP contribution in [0.5, 0.6) is 23.0 Å². The SMILES string of the molecule is COc1ccccc1OCCCCn1c(C2CC(=O)N(c3ccc4c(c3)OCO4)C2)nc2ccccc21. The number of amides is 1. The van der Waals surface area contributed by atoms with E-state index in [0.717, 1.165) is 53.4 Å². The molecule has 3 heterocycles. The molecule has 1 aromatic heterocycles. The number of rotatable bonds is 9. The van der Waals surface area contributed by atoms with Crippen LogP contribution in [0.4, 0.5) is 5.69 Å². The number of hydrogen-bond acceptors (Lipinski definition) is 6. The van der Waals surface area contributed by atoms with Crippen LogP contribution in [0.2, 0.25) is 0 Å². The molecule has 6 rings (SSSR count). The van der Waals surface area contributed by atoms with Crippen LogP contribution < -0.4 is 23.8 Å². The van der Waals surface area contributed by atoms with E-state index in [-0.39, 0.29) is 18.6 Å². The predicted molar refractivity (Wildman–Crippen MR) is 140 cm³/mol. The number of fused-ring (bicyclic) bond motifs is 2. The van der Waals surface area contributed by atoms with Gasteiger partial charge in [-0.05, 0) is 49.2 Å². The minimum Gasteiger partial charge on any atom is -0.493 e. The molecule has 0 radical (unpaired) electrons. The van der Waals surface area contributed by atoms with Crippen LogP contribution in [0.3, 0.4) is 0 Å². The van der Waals surface area contributed by atoms with Crippen molar-refractivity contribution < 1.29 is 23.7 Å². The first-order valence-electron chi connectivity index (χ1n) is 12.6. The van der Waals surface area contributed by atoms with Gasteiger partial charge in [0.05, 0.1) is 24.8 Å². The van der Waals surface area contributed by atoms with E-state index in [0.29, 0.717) is 31.1 Å². The number of anilines is 1. The maximum atomic E-state index is 13.1. The molecule has 1 unspecified atom stereocenters. The molecule has 0 N–H and O–H groups in total. The highest BCUT2D eigenvalue weighted by Crippen LogP contribution is 2.39. The lowest BCUT2D eigenvalue weighted by atomic mass is 10.1. The van der Waals surface area contributed by atoms with Crippen LogP contribution in [0.25, 0.3) is 11.0 Å². The Morgan fingerprint density at radius 1 is 0.973 bits per heavy atom. The first kappa shape index (κ1) is 23.2. The van der Waals surface area contributed by atoms with Crippen molar-refractivity contribution in [2.75, 3.05) is 32.0 Å². The zero-order valence-corrected chi connectivity index (χ0v) is 20.8. The molecule has 1 fully saturated rings. The lowest BCUT2D eigenvalue weighted by Gasteiger charge is -2.18. The summed E-state index contributed by atoms with van der Waals surface area (Å²) in [5.41, 5.74) is 2.88. The van der Waals surface area contributed by atoms with E-state index >= 15 is 0 Å². The zero-order chi connectivity index (χ0) is 25.2. The summed E-state index contributed by atoms with van der Waals surface area (Å²) in [6, 6.07) is 21.5. The molecular weight excluding hydrogens is 470 g/mol. The second-order valence-electron chi connectivity index (χ2n) is 9.26. The fourth-order valence-electron chi connectivity index (χ4n) is 5.12. The summed E-state index contributed by atoms with van der Waals surface area (Å²) in [5.74, 6) is 3.95. The monoisotopic (exact) mass is 499 g/mol. The average Bonchev–Trinajstić information content (AvgIpc) is 3.65. The van der Waals surface area contributed by atoms with Gasteiger partial charge in [-0.15, -0.1) is 0 Å². The number of imidazole rings is 1. The Kier molecular flexibility index (Phi) is 6.30. The number of methoxy groups -OCH3 is 1. The standard InChI is InChI=1S/C29H29N3O5/c1-34-24-10-4-5-11-25(24)35-15-7-6-14-31-23-9-3-2-8-22(23)30-29(31)20-16-28(33)32(18-20)21-12-13-26-27(17-21)37-19-36-26/h2-5,8-13,17,20H,6-7,14-16,18-19H2,1H3. The number of carbonyl (C=O) groups excluding carboxylic acids is 1. The third-order valence-corrected chi connectivity index (χ3v) is 6.94. The third kappa shape index (κ3) is 4.55. The second-order valence-corrected chi connectivity index (χ2v) is 9.26. The van der Waals surface area contributed by atoms with Gasteiger partial charge in [-0.3, -0.25) is 4.79 Å². The molecule has 2 aliphatic rings. The number of carbonyl (C=O) groups is 1. The van der Waals surface area contributed by atoms with Gasteiger partial charge in [0.15, 0.2) is 23.0 Å². The Morgan fingerprint density at radius 3 is 2.68 bits per heavy atom. The summed E-state index contributed by atoms with van der Waals surface area (Å²) < 4.78 is 24.5. The lowest BCUT2D eigenvalue weighted by Crippen LogP contribution is -2.24. The van der Waals surface area contributed by atoms with Crippen LogP contribution >= 0.6 is 0 Å². The smallest absolute Gasteiger partial charge is 0.231 e. The van der Waals surface area contributed by atoms with E-state index in [1.54, 1.807) is 7.11 Å². The van der Waals surface area contributed by atoms with Crippen LogP contribution in [0.15, 0.2) is 66.7 Å². The number of unbranched alkanes of at least 4 members (excludes halogenated alkanes) is 1. The van der Waals surface area contributed by atoms with E-state index in [9.17, 15) is 4.79 Å². The van der Waals surface area contributed by atoms with Crippen molar-refractivity contribution in [2.24, 2.45) is 0 Å². The Balaban J connectivity index is 1.16. The summed E-state index contributed by atoms with van der Waals surface area (Å²) in [7, 11) is 1.65. The number of aryl methyl sites for hydroxylation is 1. The van der Waals surface area contributed by atoms with Crippen molar-refractivity contribution in [2.45, 2.75) is 31.7 Å². The molecule has 1 amide bonds. The summed E-state index contributed by atoms with van der Waals surface area (Å²) in [6.07, 6.45) is 2.24. The molecule has 1 saturated heterocycles. The molecule has 1 atom stereocenters. The van der Waals surface area contributed by atoms with Gasteiger partial charge < -0.3 is 28.4 Å². The third-order valence-electron chi connectivity index (χ3n) is 6.94. The quantitative estimate of drug-likeness (QED) is 0.297. The fraction of sp³-hybridized carbons (Fsp3) is 0.310. The van der Waals surface area contributed by atoms with Crippen molar-refractivity contribution in [3.05, 3.63) is 72.6 Å². The number of benzene rings is 3. The number of nitrogens with zero attached hydrogens (tertiary/aromatic N) is 3. The van der Waals surface area contributed by atoms with Gasteiger partial charge >= 0.3 is 0 Å². The number of para-hydroxylation sites is 4. The van der Waals surface area contributed by atoms with Crippen molar-refractivity contribution >= 4 is 22.6 Å². The molecule has 8 nitrogen and oxygen atoms in total. The summed E-state index contributed by atoms with van der Waals surface area (Å²) in [4.78, 5) is 19.9. The Hall–Kier alpha value is -4.20. The van der Waals surface area contributed by atoms with E-state index < -0.39 is 0 Å². The summed E-state index contributed by atoms with van der Waals surface area (Å²) in [6.45, 7) is 2.20. The van der Waals surface area contributed by atoms with Crippen LogP contribution in [0.1, 0.15) is 31.0 Å². The first-order valence-corrected chi connectivity index (χ1v) is 12.6. The average molecular weight is 500 g/mol. The maximum Gasteiger partial charge on any atom is 0.231 e. The Bertz CT molecular complexity index is 1430. The highest BCUT2D eigenvalue weighted by Gasteiger charge is 2.35.